The molecule has 1 amide bonds. The van der Waals surface area contributed by atoms with Crippen molar-refractivity contribution < 1.29 is 13.2 Å². The van der Waals surface area contributed by atoms with Crippen molar-refractivity contribution in [3.63, 3.8) is 0 Å². The van der Waals surface area contributed by atoms with Gasteiger partial charge in [-0.15, -0.1) is 11.3 Å². The summed E-state index contributed by atoms with van der Waals surface area (Å²) in [6.07, 6.45) is 1.83. The van der Waals surface area contributed by atoms with Gasteiger partial charge in [-0.25, -0.2) is 8.42 Å². The molecule has 1 aromatic heterocycles. The van der Waals surface area contributed by atoms with Crippen molar-refractivity contribution in [3.8, 4) is 0 Å². The van der Waals surface area contributed by atoms with E-state index in [1.54, 1.807) is 29.5 Å². The van der Waals surface area contributed by atoms with Crippen molar-refractivity contribution in [2.75, 3.05) is 10.6 Å². The van der Waals surface area contributed by atoms with Gasteiger partial charge < -0.3 is 5.32 Å². The van der Waals surface area contributed by atoms with Crippen LogP contribution >= 0.6 is 11.3 Å². The molecule has 0 spiro atoms. The largest absolute Gasteiger partial charge is 0.347 e. The molecule has 0 fully saturated rings. The lowest BCUT2D eigenvalue weighted by Gasteiger charge is -2.21. The predicted octanol–water partition coefficient (Wildman–Crippen LogP) is 2.39. The lowest BCUT2D eigenvalue weighted by molar-refractivity contribution is 0.0951. The number of thiophene rings is 1. The SMILES string of the molecule is CC1Cc2cc(C(=O)NCc3cccs3)ccc2N1S(C)(=O)=O. The number of nitrogens with zero attached hydrogens (tertiary/aromatic N) is 1. The number of carbonyl (C=O) groups excluding carboxylic acids is 1. The first-order valence-corrected chi connectivity index (χ1v) is 10.0. The number of hydrogen-bond donors (Lipinski definition) is 1. The molecule has 1 aliphatic rings. The Hall–Kier alpha value is -1.86. The van der Waals surface area contributed by atoms with Gasteiger partial charge in [0, 0.05) is 16.5 Å². The number of rotatable bonds is 4. The molecule has 0 saturated heterocycles. The maximum absolute atomic E-state index is 12.3. The molecule has 1 N–H and O–H groups in total. The monoisotopic (exact) mass is 350 g/mol. The van der Waals surface area contributed by atoms with Crippen molar-refractivity contribution in [2.24, 2.45) is 0 Å². The third-order valence-corrected chi connectivity index (χ3v) is 6.00. The molecule has 3 rings (SSSR count). The summed E-state index contributed by atoms with van der Waals surface area (Å²) in [6.45, 7) is 2.37. The number of benzene rings is 1. The molecule has 2 aromatic rings. The fourth-order valence-electron chi connectivity index (χ4n) is 2.93. The second-order valence-electron chi connectivity index (χ2n) is 5.72. The highest BCUT2D eigenvalue weighted by Crippen LogP contribution is 2.34. The second-order valence-corrected chi connectivity index (χ2v) is 8.61. The van der Waals surface area contributed by atoms with Crippen LogP contribution in [0, 0.1) is 0 Å². The van der Waals surface area contributed by atoms with Crippen LogP contribution in [0.2, 0.25) is 0 Å². The van der Waals surface area contributed by atoms with E-state index < -0.39 is 10.0 Å². The molecule has 0 aliphatic carbocycles. The Morgan fingerprint density at radius 2 is 2.17 bits per heavy atom. The van der Waals surface area contributed by atoms with Gasteiger partial charge in [0.15, 0.2) is 0 Å². The molecule has 7 heteroatoms. The van der Waals surface area contributed by atoms with E-state index in [9.17, 15) is 13.2 Å². The molecule has 0 saturated carbocycles. The van der Waals surface area contributed by atoms with Crippen molar-refractivity contribution in [1.82, 2.24) is 5.32 Å². The average Bonchev–Trinajstić information content (AvgIpc) is 3.09. The van der Waals surface area contributed by atoms with Crippen LogP contribution in [-0.4, -0.2) is 26.6 Å². The minimum absolute atomic E-state index is 0.121. The summed E-state index contributed by atoms with van der Waals surface area (Å²) < 4.78 is 25.2. The Morgan fingerprint density at radius 3 is 2.83 bits per heavy atom. The van der Waals surface area contributed by atoms with E-state index >= 15 is 0 Å². The summed E-state index contributed by atoms with van der Waals surface area (Å²) in [5.41, 5.74) is 2.13. The summed E-state index contributed by atoms with van der Waals surface area (Å²) in [4.78, 5) is 13.4. The fraction of sp³-hybridized carbons (Fsp3) is 0.312. The van der Waals surface area contributed by atoms with Crippen LogP contribution in [0.4, 0.5) is 5.69 Å². The summed E-state index contributed by atoms with van der Waals surface area (Å²) in [5, 5.41) is 4.86. The van der Waals surface area contributed by atoms with Crippen LogP contribution in [0.5, 0.6) is 0 Å². The van der Waals surface area contributed by atoms with Gasteiger partial charge in [0.05, 0.1) is 18.5 Å². The fourth-order valence-corrected chi connectivity index (χ4v) is 4.84. The molecule has 1 unspecified atom stereocenters. The highest BCUT2D eigenvalue weighted by Gasteiger charge is 2.32. The van der Waals surface area contributed by atoms with Crippen LogP contribution in [0.25, 0.3) is 0 Å². The summed E-state index contributed by atoms with van der Waals surface area (Å²) in [5.74, 6) is -0.147. The molecular weight excluding hydrogens is 332 g/mol. The molecule has 1 aliphatic heterocycles. The number of hydrogen-bond acceptors (Lipinski definition) is 4. The van der Waals surface area contributed by atoms with Gasteiger partial charge in [-0.1, -0.05) is 6.07 Å². The highest BCUT2D eigenvalue weighted by molar-refractivity contribution is 7.92. The number of anilines is 1. The Kier molecular flexibility index (Phi) is 4.16. The molecule has 2 heterocycles. The van der Waals surface area contributed by atoms with Crippen LogP contribution in [0.15, 0.2) is 35.7 Å². The standard InChI is InChI=1S/C16H18N2O3S2/c1-11-8-13-9-12(5-6-15(13)18(11)23(2,20)21)16(19)17-10-14-4-3-7-22-14/h3-7,9,11H,8,10H2,1-2H3,(H,17,19). The first-order chi connectivity index (χ1) is 10.9. The van der Waals surface area contributed by atoms with E-state index in [1.165, 1.54) is 10.6 Å². The average molecular weight is 350 g/mol. The summed E-state index contributed by atoms with van der Waals surface area (Å²) in [7, 11) is -3.30. The second kappa shape index (κ2) is 5.98. The molecule has 1 atom stereocenters. The number of amides is 1. The third-order valence-electron chi connectivity index (χ3n) is 3.86. The minimum atomic E-state index is -3.30. The van der Waals surface area contributed by atoms with Gasteiger partial charge in [-0.2, -0.15) is 0 Å². The van der Waals surface area contributed by atoms with Crippen LogP contribution in [0.3, 0.4) is 0 Å². The molecule has 1 aromatic carbocycles. The molecule has 5 nitrogen and oxygen atoms in total. The zero-order chi connectivity index (χ0) is 16.6. The maximum Gasteiger partial charge on any atom is 0.251 e. The Labute approximate surface area is 140 Å². The third kappa shape index (κ3) is 3.25. The molecule has 23 heavy (non-hydrogen) atoms. The lowest BCUT2D eigenvalue weighted by Crippen LogP contribution is -2.34. The van der Waals surface area contributed by atoms with Crippen LogP contribution in [-0.2, 0) is 23.0 Å². The quantitative estimate of drug-likeness (QED) is 0.921. The Bertz CT molecular complexity index is 829. The van der Waals surface area contributed by atoms with Crippen LogP contribution in [0.1, 0.15) is 27.7 Å². The number of sulfonamides is 1. The van der Waals surface area contributed by atoms with Gasteiger partial charge in [0.25, 0.3) is 5.91 Å². The summed E-state index contributed by atoms with van der Waals surface area (Å²) in [6, 6.07) is 8.99. The summed E-state index contributed by atoms with van der Waals surface area (Å²) >= 11 is 1.60. The van der Waals surface area contributed by atoms with Gasteiger partial charge >= 0.3 is 0 Å². The van der Waals surface area contributed by atoms with E-state index in [0.29, 0.717) is 24.2 Å². The number of carbonyl (C=O) groups is 1. The molecular formula is C16H18N2O3S2. The van der Waals surface area contributed by atoms with Crippen molar-refractivity contribution in [3.05, 3.63) is 51.7 Å². The maximum atomic E-state index is 12.3. The van der Waals surface area contributed by atoms with E-state index in [4.69, 9.17) is 0 Å². The Balaban J connectivity index is 1.79. The normalized spacial score (nSPS) is 17.1. The van der Waals surface area contributed by atoms with E-state index in [1.807, 2.05) is 24.4 Å². The van der Waals surface area contributed by atoms with Gasteiger partial charge in [0.1, 0.15) is 0 Å². The zero-order valence-corrected chi connectivity index (χ0v) is 14.6. The molecule has 122 valence electrons. The molecule has 0 bridgehead atoms. The van der Waals surface area contributed by atoms with Crippen molar-refractivity contribution in [1.29, 1.82) is 0 Å². The minimum Gasteiger partial charge on any atom is -0.347 e. The first-order valence-electron chi connectivity index (χ1n) is 7.29. The number of nitrogens with one attached hydrogen (secondary N) is 1. The topological polar surface area (TPSA) is 66.5 Å². The van der Waals surface area contributed by atoms with Crippen molar-refractivity contribution in [2.45, 2.75) is 25.9 Å². The lowest BCUT2D eigenvalue weighted by atomic mass is 10.1. The smallest absolute Gasteiger partial charge is 0.251 e. The zero-order valence-electron chi connectivity index (χ0n) is 12.9. The van der Waals surface area contributed by atoms with Gasteiger partial charge in [0.2, 0.25) is 10.0 Å². The molecule has 0 radical (unpaired) electrons. The number of fused-ring (bicyclic) bond motifs is 1. The van der Waals surface area contributed by atoms with Crippen LogP contribution < -0.4 is 9.62 Å². The van der Waals surface area contributed by atoms with Crippen molar-refractivity contribution >= 4 is 33.0 Å². The Morgan fingerprint density at radius 1 is 1.39 bits per heavy atom. The van der Waals surface area contributed by atoms with Gasteiger partial charge in [-0.3, -0.25) is 9.10 Å². The first kappa shape index (κ1) is 16.0. The van der Waals surface area contributed by atoms with E-state index in [0.717, 1.165) is 10.4 Å². The van der Waals surface area contributed by atoms with Gasteiger partial charge in [-0.05, 0) is 48.6 Å². The van der Waals surface area contributed by atoms with E-state index in [2.05, 4.69) is 5.32 Å². The van der Waals surface area contributed by atoms with E-state index in [-0.39, 0.29) is 11.9 Å². The predicted molar refractivity (Wildman–Crippen MR) is 92.4 cm³/mol. The highest BCUT2D eigenvalue weighted by atomic mass is 32.2.